The van der Waals surface area contributed by atoms with Gasteiger partial charge in [0.05, 0.1) is 19.3 Å². The minimum atomic E-state index is -0.265. The van der Waals surface area contributed by atoms with E-state index in [4.69, 9.17) is 9.47 Å². The lowest BCUT2D eigenvalue weighted by Gasteiger charge is -2.52. The van der Waals surface area contributed by atoms with E-state index >= 15 is 0 Å². The molecule has 1 spiro atoms. The van der Waals surface area contributed by atoms with E-state index in [2.05, 4.69) is 6.92 Å². The normalized spacial score (nSPS) is 48.3. The van der Waals surface area contributed by atoms with Gasteiger partial charge in [0.2, 0.25) is 0 Å². The van der Waals surface area contributed by atoms with Crippen molar-refractivity contribution in [3.8, 4) is 0 Å². The van der Waals surface area contributed by atoms with Crippen LogP contribution in [0.25, 0.3) is 0 Å². The minimum Gasteiger partial charge on any atom is -0.393 e. The third-order valence-electron chi connectivity index (χ3n) is 8.14. The van der Waals surface area contributed by atoms with Crippen molar-refractivity contribution in [3.05, 3.63) is 11.1 Å². The van der Waals surface area contributed by atoms with Gasteiger partial charge in [0.1, 0.15) is 0 Å². The minimum absolute atomic E-state index is 0.0567. The van der Waals surface area contributed by atoms with Gasteiger partial charge in [0.15, 0.2) is 5.79 Å². The van der Waals surface area contributed by atoms with E-state index < -0.39 is 0 Å². The largest absolute Gasteiger partial charge is 0.393 e. The van der Waals surface area contributed by atoms with E-state index in [9.17, 15) is 5.11 Å². The summed E-state index contributed by atoms with van der Waals surface area (Å²) in [6, 6.07) is 0. The summed E-state index contributed by atoms with van der Waals surface area (Å²) in [6.45, 7) is 3.91. The molecule has 23 heavy (non-hydrogen) atoms. The zero-order valence-corrected chi connectivity index (χ0v) is 14.4. The van der Waals surface area contributed by atoms with Crippen molar-refractivity contribution in [2.75, 3.05) is 13.2 Å². The molecule has 2 saturated carbocycles. The Balaban J connectivity index is 1.42. The van der Waals surface area contributed by atoms with Gasteiger partial charge in [-0.2, -0.15) is 0 Å². The molecule has 5 rings (SSSR count). The Bertz CT molecular complexity index is 533. The van der Waals surface area contributed by atoms with Gasteiger partial charge in [-0.15, -0.1) is 0 Å². The molecule has 1 saturated heterocycles. The highest BCUT2D eigenvalue weighted by Crippen LogP contribution is 2.61. The Kier molecular flexibility index (Phi) is 3.28. The van der Waals surface area contributed by atoms with E-state index in [1.807, 2.05) is 0 Å². The van der Waals surface area contributed by atoms with Crippen molar-refractivity contribution in [1.29, 1.82) is 0 Å². The van der Waals surface area contributed by atoms with Gasteiger partial charge in [-0.05, 0) is 68.1 Å². The highest BCUT2D eigenvalue weighted by atomic mass is 16.7. The summed E-state index contributed by atoms with van der Waals surface area (Å²) in [4.78, 5) is 0. The zero-order valence-electron chi connectivity index (χ0n) is 14.4. The maximum absolute atomic E-state index is 10.5. The van der Waals surface area contributed by atoms with Crippen molar-refractivity contribution in [3.63, 3.8) is 0 Å². The van der Waals surface area contributed by atoms with Gasteiger partial charge in [-0.3, -0.25) is 0 Å². The molecular formula is C20H30O3. The van der Waals surface area contributed by atoms with Crippen molar-refractivity contribution in [2.24, 2.45) is 23.2 Å². The molecule has 3 nitrogen and oxygen atoms in total. The fourth-order valence-electron chi connectivity index (χ4n) is 6.90. The van der Waals surface area contributed by atoms with E-state index in [0.717, 1.165) is 50.2 Å². The van der Waals surface area contributed by atoms with Crippen LogP contribution in [0.1, 0.15) is 64.7 Å². The lowest BCUT2D eigenvalue weighted by molar-refractivity contribution is -0.166. The standard InChI is InChI=1S/C20H30O3/c1-19-8-6-15-14-7-9-20(22-10-11-23-20)12-13(14)2-3-16(15)17(19)4-5-18(19)21/h15-18,21H,2-12H2,1H3/t15-,16-,17+,18-,19+/m1/s1. The quantitative estimate of drug-likeness (QED) is 0.690. The summed E-state index contributed by atoms with van der Waals surface area (Å²) in [6.07, 6.45) is 10.6. The monoisotopic (exact) mass is 318 g/mol. The maximum atomic E-state index is 10.5. The molecule has 0 unspecified atom stereocenters. The van der Waals surface area contributed by atoms with Crippen molar-refractivity contribution < 1.29 is 14.6 Å². The zero-order chi connectivity index (χ0) is 15.7. The van der Waals surface area contributed by atoms with Gasteiger partial charge in [-0.1, -0.05) is 18.1 Å². The molecule has 0 aromatic rings. The first-order valence-corrected chi connectivity index (χ1v) is 9.78. The molecule has 4 aliphatic carbocycles. The van der Waals surface area contributed by atoms with Crippen LogP contribution in [0.3, 0.4) is 0 Å². The molecule has 1 aliphatic heterocycles. The van der Waals surface area contributed by atoms with Crippen molar-refractivity contribution in [1.82, 2.24) is 0 Å². The molecule has 5 aliphatic rings. The predicted octanol–water partition coefficient (Wildman–Crippen LogP) is 3.81. The Labute approximate surface area is 139 Å². The fraction of sp³-hybridized carbons (Fsp3) is 0.900. The number of hydrogen-bond acceptors (Lipinski definition) is 3. The van der Waals surface area contributed by atoms with Crippen LogP contribution >= 0.6 is 0 Å². The number of rotatable bonds is 0. The van der Waals surface area contributed by atoms with Gasteiger partial charge in [0, 0.05) is 12.8 Å². The molecule has 5 atom stereocenters. The first-order chi connectivity index (χ1) is 11.1. The summed E-state index contributed by atoms with van der Waals surface area (Å²) < 4.78 is 12.0. The van der Waals surface area contributed by atoms with Gasteiger partial charge in [0.25, 0.3) is 0 Å². The van der Waals surface area contributed by atoms with Crippen molar-refractivity contribution in [2.45, 2.75) is 76.6 Å². The van der Waals surface area contributed by atoms with E-state index in [1.54, 1.807) is 11.1 Å². The van der Waals surface area contributed by atoms with Crippen LogP contribution in [-0.4, -0.2) is 30.2 Å². The van der Waals surface area contributed by atoms with Gasteiger partial charge < -0.3 is 14.6 Å². The second-order valence-electron chi connectivity index (χ2n) is 8.97. The lowest BCUT2D eigenvalue weighted by Crippen LogP contribution is -2.46. The van der Waals surface area contributed by atoms with Gasteiger partial charge in [-0.25, -0.2) is 0 Å². The van der Waals surface area contributed by atoms with Crippen LogP contribution in [0, 0.1) is 23.2 Å². The fourth-order valence-corrected chi connectivity index (χ4v) is 6.90. The highest BCUT2D eigenvalue weighted by Gasteiger charge is 2.55. The Hall–Kier alpha value is -0.380. The first-order valence-electron chi connectivity index (χ1n) is 9.78. The smallest absolute Gasteiger partial charge is 0.172 e. The molecule has 128 valence electrons. The number of fused-ring (bicyclic) bond motifs is 4. The Morgan fingerprint density at radius 3 is 2.65 bits per heavy atom. The molecule has 1 heterocycles. The maximum Gasteiger partial charge on any atom is 0.172 e. The molecular weight excluding hydrogens is 288 g/mol. The topological polar surface area (TPSA) is 38.7 Å². The molecule has 1 N–H and O–H groups in total. The number of aliphatic hydroxyl groups is 1. The first kappa shape index (κ1) is 14.9. The Morgan fingerprint density at radius 2 is 1.83 bits per heavy atom. The van der Waals surface area contributed by atoms with E-state index in [0.29, 0.717) is 0 Å². The third-order valence-corrected chi connectivity index (χ3v) is 8.14. The SMILES string of the molecule is C[C@]12CC[C@@H]3C4=C(CC[C@H]3[C@@H]1CC[C@H]2O)CC1(CC4)OCCO1. The van der Waals surface area contributed by atoms with E-state index in [-0.39, 0.29) is 17.3 Å². The molecule has 0 aromatic carbocycles. The molecule has 3 heteroatoms. The van der Waals surface area contributed by atoms with Crippen LogP contribution in [0.2, 0.25) is 0 Å². The van der Waals surface area contributed by atoms with Crippen LogP contribution in [0.4, 0.5) is 0 Å². The summed E-state index contributed by atoms with van der Waals surface area (Å²) in [5, 5.41) is 10.5. The summed E-state index contributed by atoms with van der Waals surface area (Å²) in [5.41, 5.74) is 3.64. The molecule has 3 fully saturated rings. The average molecular weight is 318 g/mol. The van der Waals surface area contributed by atoms with Crippen LogP contribution < -0.4 is 0 Å². The van der Waals surface area contributed by atoms with Gasteiger partial charge >= 0.3 is 0 Å². The molecule has 0 amide bonds. The lowest BCUT2D eigenvalue weighted by atomic mass is 9.54. The third kappa shape index (κ3) is 2.06. The van der Waals surface area contributed by atoms with E-state index in [1.165, 1.54) is 38.5 Å². The average Bonchev–Trinajstić information content (AvgIpc) is 3.12. The summed E-state index contributed by atoms with van der Waals surface area (Å²) in [7, 11) is 0. The Morgan fingerprint density at radius 1 is 1.00 bits per heavy atom. The second kappa shape index (κ2) is 5.06. The highest BCUT2D eigenvalue weighted by molar-refractivity contribution is 5.28. The number of aliphatic hydroxyl groups excluding tert-OH is 1. The van der Waals surface area contributed by atoms with Crippen LogP contribution in [-0.2, 0) is 9.47 Å². The number of ether oxygens (including phenoxy) is 2. The predicted molar refractivity (Wildman–Crippen MR) is 87.8 cm³/mol. The molecule has 0 bridgehead atoms. The number of hydrogen-bond donors (Lipinski definition) is 1. The van der Waals surface area contributed by atoms with Crippen molar-refractivity contribution >= 4 is 0 Å². The summed E-state index contributed by atoms with van der Waals surface area (Å²) >= 11 is 0. The van der Waals surface area contributed by atoms with Crippen LogP contribution in [0.15, 0.2) is 11.1 Å². The number of allylic oxidation sites excluding steroid dienone is 1. The molecule has 0 aromatic heterocycles. The molecule has 0 radical (unpaired) electrons. The second-order valence-corrected chi connectivity index (χ2v) is 8.97. The summed E-state index contributed by atoms with van der Waals surface area (Å²) in [5.74, 6) is 2.10. The van der Waals surface area contributed by atoms with Crippen LogP contribution in [0.5, 0.6) is 0 Å².